The fourth-order valence-electron chi connectivity index (χ4n) is 2.28. The lowest BCUT2D eigenvalue weighted by Crippen LogP contribution is -2.27. The lowest BCUT2D eigenvalue weighted by atomic mass is 10.2. The number of hydrogen-bond donors (Lipinski definition) is 1. The number of carbonyl (C=O) groups excluding carboxylic acids is 1. The van der Waals surface area contributed by atoms with E-state index in [0.29, 0.717) is 30.7 Å². The number of phenolic OH excluding ortho intramolecular Hbond substituents is 1. The topological polar surface area (TPSA) is 49.8 Å². The van der Waals surface area contributed by atoms with Crippen molar-refractivity contribution >= 4 is 77.8 Å². The minimum absolute atomic E-state index is 0.0215. The predicted octanol–water partition coefficient (Wildman–Crippen LogP) is 5.33. The molecule has 0 unspecified atom stereocenters. The molecule has 1 amide bonds. The van der Waals surface area contributed by atoms with E-state index in [9.17, 15) is 9.90 Å². The van der Waals surface area contributed by atoms with E-state index in [4.69, 9.17) is 17.0 Å². The molecule has 0 radical (unpaired) electrons. The van der Waals surface area contributed by atoms with Crippen LogP contribution in [0.2, 0.25) is 0 Å². The average molecular weight is 501 g/mol. The molecule has 0 atom stereocenters. The van der Waals surface area contributed by atoms with Crippen LogP contribution in [0.1, 0.15) is 5.56 Å². The van der Waals surface area contributed by atoms with E-state index in [1.165, 1.54) is 29.8 Å². The number of halogens is 2. The molecule has 25 heavy (non-hydrogen) atoms. The SMILES string of the molecule is COc1cc(/C=C2/SC(=S)N(c3cccc(Br)c3)C2=O)c(Br)cc1O. The fraction of sp³-hybridized carbons (Fsp3) is 0.0588. The molecule has 128 valence electrons. The molecular formula is C17H11Br2NO3S2. The number of hydrogen-bond acceptors (Lipinski definition) is 5. The highest BCUT2D eigenvalue weighted by molar-refractivity contribution is 9.10. The Balaban J connectivity index is 1.99. The summed E-state index contributed by atoms with van der Waals surface area (Å²) in [7, 11) is 1.47. The normalized spacial score (nSPS) is 16.0. The van der Waals surface area contributed by atoms with Gasteiger partial charge in [-0.25, -0.2) is 0 Å². The van der Waals surface area contributed by atoms with Crippen molar-refractivity contribution in [2.75, 3.05) is 12.0 Å². The van der Waals surface area contributed by atoms with E-state index in [-0.39, 0.29) is 11.7 Å². The zero-order valence-corrected chi connectivity index (χ0v) is 17.6. The van der Waals surface area contributed by atoms with Gasteiger partial charge in [0.25, 0.3) is 5.91 Å². The van der Waals surface area contributed by atoms with Gasteiger partial charge in [-0.15, -0.1) is 0 Å². The minimum atomic E-state index is -0.188. The Labute approximate surface area is 171 Å². The van der Waals surface area contributed by atoms with Gasteiger partial charge in [0, 0.05) is 8.95 Å². The number of rotatable bonds is 3. The number of carbonyl (C=O) groups is 1. The highest BCUT2D eigenvalue weighted by Gasteiger charge is 2.33. The first-order valence-corrected chi connectivity index (χ1v) is 9.82. The van der Waals surface area contributed by atoms with Gasteiger partial charge in [-0.1, -0.05) is 61.9 Å². The van der Waals surface area contributed by atoms with Gasteiger partial charge in [0.15, 0.2) is 15.8 Å². The van der Waals surface area contributed by atoms with Gasteiger partial charge in [0.05, 0.1) is 17.7 Å². The number of phenols is 1. The number of amides is 1. The van der Waals surface area contributed by atoms with Crippen molar-refractivity contribution in [1.29, 1.82) is 0 Å². The molecule has 1 heterocycles. The molecule has 8 heteroatoms. The van der Waals surface area contributed by atoms with E-state index in [0.717, 1.165) is 4.47 Å². The summed E-state index contributed by atoms with van der Waals surface area (Å²) >= 11 is 13.4. The molecule has 2 aromatic rings. The number of nitrogens with zero attached hydrogens (tertiary/aromatic N) is 1. The van der Waals surface area contributed by atoms with Crippen LogP contribution in [-0.2, 0) is 4.79 Å². The standard InChI is InChI=1S/C17H11Br2NO3S2/c1-23-14-5-9(12(19)8-13(14)21)6-15-16(22)20(17(24)25-15)11-4-2-3-10(18)7-11/h2-8,21H,1H3/b15-6+. The van der Waals surface area contributed by atoms with Crippen LogP contribution in [0, 0.1) is 0 Å². The van der Waals surface area contributed by atoms with Gasteiger partial charge in [-0.3, -0.25) is 9.69 Å². The second kappa shape index (κ2) is 7.49. The maximum atomic E-state index is 12.8. The summed E-state index contributed by atoms with van der Waals surface area (Å²) < 4.78 is 7.11. The number of anilines is 1. The van der Waals surface area contributed by atoms with E-state index in [2.05, 4.69) is 31.9 Å². The quantitative estimate of drug-likeness (QED) is 0.455. The van der Waals surface area contributed by atoms with Crippen molar-refractivity contribution in [1.82, 2.24) is 0 Å². The van der Waals surface area contributed by atoms with Crippen LogP contribution >= 0.6 is 55.8 Å². The van der Waals surface area contributed by atoms with Crippen molar-refractivity contribution < 1.29 is 14.6 Å². The van der Waals surface area contributed by atoms with Crippen LogP contribution in [0.4, 0.5) is 5.69 Å². The molecule has 1 aliphatic rings. The number of thioether (sulfide) groups is 1. The molecule has 0 aliphatic carbocycles. The number of methoxy groups -OCH3 is 1. The molecule has 1 aliphatic heterocycles. The van der Waals surface area contributed by atoms with E-state index >= 15 is 0 Å². The van der Waals surface area contributed by atoms with Crippen LogP contribution in [-0.4, -0.2) is 22.4 Å². The molecule has 1 fully saturated rings. The van der Waals surface area contributed by atoms with Gasteiger partial charge in [0.2, 0.25) is 0 Å². The predicted molar refractivity (Wildman–Crippen MR) is 112 cm³/mol. The molecule has 0 bridgehead atoms. The van der Waals surface area contributed by atoms with Crippen molar-refractivity contribution in [2.24, 2.45) is 0 Å². The van der Waals surface area contributed by atoms with Crippen LogP contribution in [0.15, 0.2) is 50.2 Å². The first kappa shape index (κ1) is 18.4. The van der Waals surface area contributed by atoms with E-state index < -0.39 is 0 Å². The number of benzene rings is 2. The molecule has 0 saturated carbocycles. The Morgan fingerprint density at radius 2 is 2.04 bits per heavy atom. The maximum Gasteiger partial charge on any atom is 0.270 e. The second-order valence-electron chi connectivity index (χ2n) is 5.04. The molecule has 3 rings (SSSR count). The maximum absolute atomic E-state index is 12.8. The van der Waals surface area contributed by atoms with Crippen LogP contribution < -0.4 is 9.64 Å². The monoisotopic (exact) mass is 499 g/mol. The summed E-state index contributed by atoms with van der Waals surface area (Å²) in [5.74, 6) is 0.164. The molecule has 0 aromatic heterocycles. The summed E-state index contributed by atoms with van der Waals surface area (Å²) in [5.41, 5.74) is 1.42. The Kier molecular flexibility index (Phi) is 5.52. The average Bonchev–Trinajstić information content (AvgIpc) is 2.84. The number of ether oxygens (including phenoxy) is 1. The van der Waals surface area contributed by atoms with Gasteiger partial charge >= 0.3 is 0 Å². The highest BCUT2D eigenvalue weighted by Crippen LogP contribution is 2.39. The summed E-state index contributed by atoms with van der Waals surface area (Å²) in [4.78, 5) is 14.8. The van der Waals surface area contributed by atoms with Crippen molar-refractivity contribution in [3.8, 4) is 11.5 Å². The second-order valence-corrected chi connectivity index (χ2v) is 8.49. The molecule has 1 saturated heterocycles. The Morgan fingerprint density at radius 1 is 1.28 bits per heavy atom. The van der Waals surface area contributed by atoms with Gasteiger partial charge in [0.1, 0.15) is 0 Å². The Bertz CT molecular complexity index is 915. The number of thiocarbonyl (C=S) groups is 1. The van der Waals surface area contributed by atoms with Crippen LogP contribution in [0.3, 0.4) is 0 Å². The third-order valence-corrected chi connectivity index (χ3v) is 5.93. The summed E-state index contributed by atoms with van der Waals surface area (Å²) in [6.45, 7) is 0. The highest BCUT2D eigenvalue weighted by atomic mass is 79.9. The third kappa shape index (κ3) is 3.76. The zero-order valence-electron chi connectivity index (χ0n) is 12.8. The number of aromatic hydroxyl groups is 1. The Hall–Kier alpha value is -1.35. The first-order valence-electron chi connectivity index (χ1n) is 7.00. The van der Waals surface area contributed by atoms with E-state index in [1.807, 2.05) is 24.3 Å². The van der Waals surface area contributed by atoms with Crippen LogP contribution in [0.5, 0.6) is 11.5 Å². The van der Waals surface area contributed by atoms with Crippen LogP contribution in [0.25, 0.3) is 6.08 Å². The largest absolute Gasteiger partial charge is 0.504 e. The first-order chi connectivity index (χ1) is 11.9. The molecular weight excluding hydrogens is 490 g/mol. The van der Waals surface area contributed by atoms with Gasteiger partial charge < -0.3 is 9.84 Å². The lowest BCUT2D eigenvalue weighted by molar-refractivity contribution is -0.113. The summed E-state index contributed by atoms with van der Waals surface area (Å²) in [5, 5.41) is 9.81. The minimum Gasteiger partial charge on any atom is -0.504 e. The van der Waals surface area contributed by atoms with E-state index in [1.54, 1.807) is 12.1 Å². The molecule has 2 aromatic carbocycles. The van der Waals surface area contributed by atoms with Crippen molar-refractivity contribution in [3.05, 3.63) is 55.8 Å². The molecule has 1 N–H and O–H groups in total. The smallest absolute Gasteiger partial charge is 0.270 e. The summed E-state index contributed by atoms with van der Waals surface area (Å²) in [6, 6.07) is 10.6. The third-order valence-electron chi connectivity index (χ3n) is 3.44. The molecule has 4 nitrogen and oxygen atoms in total. The van der Waals surface area contributed by atoms with Crippen molar-refractivity contribution in [2.45, 2.75) is 0 Å². The molecule has 0 spiro atoms. The van der Waals surface area contributed by atoms with Crippen molar-refractivity contribution in [3.63, 3.8) is 0 Å². The Morgan fingerprint density at radius 3 is 2.72 bits per heavy atom. The fourth-order valence-corrected chi connectivity index (χ4v) is 4.40. The van der Waals surface area contributed by atoms with Gasteiger partial charge in [-0.2, -0.15) is 0 Å². The van der Waals surface area contributed by atoms with Gasteiger partial charge in [-0.05, 0) is 42.0 Å². The lowest BCUT2D eigenvalue weighted by Gasteiger charge is -2.14. The zero-order chi connectivity index (χ0) is 18.1. The summed E-state index contributed by atoms with van der Waals surface area (Å²) in [6.07, 6.45) is 1.73.